The minimum atomic E-state index is -0.626. The summed E-state index contributed by atoms with van der Waals surface area (Å²) in [6.07, 6.45) is 3.37. The highest BCUT2D eigenvalue weighted by Gasteiger charge is 2.13. The number of ether oxygens (including phenoxy) is 1. The highest BCUT2D eigenvalue weighted by Crippen LogP contribution is 2.25. The van der Waals surface area contributed by atoms with Gasteiger partial charge in [0.25, 0.3) is 5.91 Å². The van der Waals surface area contributed by atoms with Crippen LogP contribution in [-0.4, -0.2) is 33.4 Å². The van der Waals surface area contributed by atoms with Crippen molar-refractivity contribution in [1.82, 2.24) is 15.0 Å². The highest BCUT2D eigenvalue weighted by atomic mass is 35.5. The third-order valence-corrected chi connectivity index (χ3v) is 4.93. The van der Waals surface area contributed by atoms with E-state index in [2.05, 4.69) is 20.3 Å². The van der Waals surface area contributed by atoms with Gasteiger partial charge in [-0.25, -0.2) is 9.78 Å². The Kier molecular flexibility index (Phi) is 5.65. The van der Waals surface area contributed by atoms with E-state index in [-0.39, 0.29) is 0 Å². The number of esters is 1. The number of halogens is 2. The van der Waals surface area contributed by atoms with Gasteiger partial charge in [0.1, 0.15) is 5.82 Å². The number of aromatic amines is 1. The fraction of sp³-hybridized carbons (Fsp3) is 0.0476. The van der Waals surface area contributed by atoms with Crippen molar-refractivity contribution in [2.75, 3.05) is 11.9 Å². The van der Waals surface area contributed by atoms with Crippen LogP contribution in [0.25, 0.3) is 22.4 Å². The van der Waals surface area contributed by atoms with Crippen molar-refractivity contribution in [3.8, 4) is 11.4 Å². The summed E-state index contributed by atoms with van der Waals surface area (Å²) in [6.45, 7) is -0.443. The van der Waals surface area contributed by atoms with Crippen molar-refractivity contribution in [2.45, 2.75) is 0 Å². The molecule has 0 aliphatic rings. The molecule has 0 saturated heterocycles. The van der Waals surface area contributed by atoms with Crippen LogP contribution in [0.15, 0.2) is 60.9 Å². The second kappa shape index (κ2) is 8.52. The number of rotatable bonds is 5. The first-order valence-corrected chi connectivity index (χ1v) is 9.57. The molecule has 0 spiro atoms. The molecule has 0 bridgehead atoms. The Morgan fingerprint density at radius 1 is 1.07 bits per heavy atom. The fourth-order valence-corrected chi connectivity index (χ4v) is 3.06. The quantitative estimate of drug-likeness (QED) is 0.437. The summed E-state index contributed by atoms with van der Waals surface area (Å²) < 4.78 is 5.10. The van der Waals surface area contributed by atoms with Gasteiger partial charge in [-0.3, -0.25) is 9.78 Å². The standard InChI is InChI=1S/C21H14Cl2N4O3/c22-15-5-4-14(9-16(15)23)25-19(28)11-30-21(29)12-3-6-17-18(8-12)27-20(26-17)13-2-1-7-24-10-13/h1-10H,11H2,(H,25,28)(H,26,27). The lowest BCUT2D eigenvalue weighted by molar-refractivity contribution is -0.119. The van der Waals surface area contributed by atoms with Crippen LogP contribution in [0.5, 0.6) is 0 Å². The Morgan fingerprint density at radius 2 is 1.93 bits per heavy atom. The number of aromatic nitrogens is 3. The van der Waals surface area contributed by atoms with Crippen molar-refractivity contribution in [3.05, 3.63) is 76.5 Å². The predicted octanol–water partition coefficient (Wildman–Crippen LogP) is 4.73. The van der Waals surface area contributed by atoms with E-state index < -0.39 is 18.5 Å². The largest absolute Gasteiger partial charge is 0.452 e. The first kappa shape index (κ1) is 19.9. The van der Waals surface area contributed by atoms with E-state index in [0.717, 1.165) is 5.56 Å². The van der Waals surface area contributed by atoms with Crippen LogP contribution in [0.3, 0.4) is 0 Å². The Bertz CT molecular complexity index is 1240. The zero-order valence-corrected chi connectivity index (χ0v) is 16.9. The minimum Gasteiger partial charge on any atom is -0.452 e. The zero-order valence-electron chi connectivity index (χ0n) is 15.4. The molecular weight excluding hydrogens is 427 g/mol. The SMILES string of the molecule is O=C(COC(=O)c1ccc2nc(-c3cccnc3)[nH]c2c1)Nc1ccc(Cl)c(Cl)c1. The Balaban J connectivity index is 1.41. The Morgan fingerprint density at radius 3 is 2.70 bits per heavy atom. The van der Waals surface area contributed by atoms with Crippen LogP contribution in [0.4, 0.5) is 5.69 Å². The number of benzene rings is 2. The molecule has 0 atom stereocenters. The average molecular weight is 441 g/mol. The number of carbonyl (C=O) groups is 2. The summed E-state index contributed by atoms with van der Waals surface area (Å²) in [6, 6.07) is 13.3. The number of pyridine rings is 1. The van der Waals surface area contributed by atoms with Gasteiger partial charge in [-0.1, -0.05) is 23.2 Å². The molecule has 0 aliphatic heterocycles. The van der Waals surface area contributed by atoms with Gasteiger partial charge in [0, 0.05) is 23.6 Å². The first-order chi connectivity index (χ1) is 14.5. The molecule has 7 nitrogen and oxygen atoms in total. The number of carbonyl (C=O) groups excluding carboxylic acids is 2. The lowest BCUT2D eigenvalue weighted by Gasteiger charge is -2.07. The van der Waals surface area contributed by atoms with Crippen LogP contribution in [0.2, 0.25) is 10.0 Å². The fourth-order valence-electron chi connectivity index (χ4n) is 2.76. The van der Waals surface area contributed by atoms with Crippen molar-refractivity contribution in [2.24, 2.45) is 0 Å². The van der Waals surface area contributed by atoms with Gasteiger partial charge in [-0.15, -0.1) is 0 Å². The maximum atomic E-state index is 12.3. The van der Waals surface area contributed by atoms with E-state index >= 15 is 0 Å². The molecule has 0 aliphatic carbocycles. The third-order valence-electron chi connectivity index (χ3n) is 4.19. The van der Waals surface area contributed by atoms with Crippen LogP contribution in [0, 0.1) is 0 Å². The number of nitrogens with one attached hydrogen (secondary N) is 2. The predicted molar refractivity (Wildman–Crippen MR) is 115 cm³/mol. The molecule has 9 heteroatoms. The third kappa shape index (κ3) is 4.42. The smallest absolute Gasteiger partial charge is 0.338 e. The molecule has 2 heterocycles. The molecule has 4 rings (SSSR count). The molecule has 2 aromatic heterocycles. The van der Waals surface area contributed by atoms with Gasteiger partial charge >= 0.3 is 5.97 Å². The molecular formula is C21H14Cl2N4O3. The number of anilines is 1. The number of imidazole rings is 1. The molecule has 0 unspecified atom stereocenters. The number of H-pyrrole nitrogens is 1. The summed E-state index contributed by atoms with van der Waals surface area (Å²) in [4.78, 5) is 36.1. The molecule has 1 amide bonds. The number of amides is 1. The summed E-state index contributed by atoms with van der Waals surface area (Å²) in [5.41, 5.74) is 2.95. The number of nitrogens with zero attached hydrogens (tertiary/aromatic N) is 2. The normalized spacial score (nSPS) is 10.7. The summed E-state index contributed by atoms with van der Waals surface area (Å²) in [5.74, 6) is -0.480. The van der Waals surface area contributed by atoms with Crippen LogP contribution < -0.4 is 5.32 Å². The lowest BCUT2D eigenvalue weighted by Crippen LogP contribution is -2.20. The van der Waals surface area contributed by atoms with Crippen LogP contribution >= 0.6 is 23.2 Å². The molecule has 2 N–H and O–H groups in total. The van der Waals surface area contributed by atoms with Crippen molar-refractivity contribution in [1.29, 1.82) is 0 Å². The number of fused-ring (bicyclic) bond motifs is 1. The maximum absolute atomic E-state index is 12.3. The molecule has 30 heavy (non-hydrogen) atoms. The second-order valence-electron chi connectivity index (χ2n) is 6.31. The van der Waals surface area contributed by atoms with E-state index in [9.17, 15) is 9.59 Å². The van der Waals surface area contributed by atoms with Crippen LogP contribution in [-0.2, 0) is 9.53 Å². The molecule has 0 fully saturated rings. The summed E-state index contributed by atoms with van der Waals surface area (Å²) >= 11 is 11.8. The van der Waals surface area contributed by atoms with Gasteiger partial charge in [-0.05, 0) is 48.5 Å². The Hall–Kier alpha value is -3.42. The van der Waals surface area contributed by atoms with Crippen molar-refractivity contribution < 1.29 is 14.3 Å². The summed E-state index contributed by atoms with van der Waals surface area (Å²) in [7, 11) is 0. The summed E-state index contributed by atoms with van der Waals surface area (Å²) in [5, 5.41) is 3.27. The topological polar surface area (TPSA) is 97.0 Å². The molecule has 150 valence electrons. The lowest BCUT2D eigenvalue weighted by atomic mass is 10.2. The zero-order chi connectivity index (χ0) is 21.1. The van der Waals surface area contributed by atoms with E-state index in [1.54, 1.807) is 42.7 Å². The van der Waals surface area contributed by atoms with E-state index in [0.29, 0.717) is 38.2 Å². The number of hydrogen-bond donors (Lipinski definition) is 2. The van der Waals surface area contributed by atoms with Crippen LogP contribution in [0.1, 0.15) is 10.4 Å². The Labute approximate surface area is 181 Å². The van der Waals surface area contributed by atoms with E-state index in [1.807, 2.05) is 12.1 Å². The van der Waals surface area contributed by atoms with Gasteiger partial charge in [0.15, 0.2) is 6.61 Å². The van der Waals surface area contributed by atoms with Gasteiger partial charge in [-0.2, -0.15) is 0 Å². The van der Waals surface area contributed by atoms with E-state index in [4.69, 9.17) is 27.9 Å². The second-order valence-corrected chi connectivity index (χ2v) is 7.13. The molecule has 0 radical (unpaired) electrons. The maximum Gasteiger partial charge on any atom is 0.338 e. The minimum absolute atomic E-state index is 0.297. The molecule has 4 aromatic rings. The van der Waals surface area contributed by atoms with Crippen molar-refractivity contribution in [3.63, 3.8) is 0 Å². The van der Waals surface area contributed by atoms with E-state index in [1.165, 1.54) is 6.07 Å². The first-order valence-electron chi connectivity index (χ1n) is 8.82. The molecule has 2 aromatic carbocycles. The average Bonchev–Trinajstić information content (AvgIpc) is 3.19. The number of hydrogen-bond acceptors (Lipinski definition) is 5. The van der Waals surface area contributed by atoms with Crippen molar-refractivity contribution >= 4 is 51.8 Å². The van der Waals surface area contributed by atoms with Gasteiger partial charge in [0.05, 0.1) is 26.6 Å². The molecule has 0 saturated carbocycles. The highest BCUT2D eigenvalue weighted by molar-refractivity contribution is 6.42. The van der Waals surface area contributed by atoms with Gasteiger partial charge < -0.3 is 15.0 Å². The monoisotopic (exact) mass is 440 g/mol. The van der Waals surface area contributed by atoms with Gasteiger partial charge in [0.2, 0.25) is 0 Å².